The van der Waals surface area contributed by atoms with Crippen LogP contribution in [-0.4, -0.2) is 14.2 Å². The van der Waals surface area contributed by atoms with Gasteiger partial charge in [0, 0.05) is 10.5 Å². The average molecular weight is 391 g/mol. The van der Waals surface area contributed by atoms with E-state index in [9.17, 15) is 22.0 Å². The lowest BCUT2D eigenvalue weighted by Crippen LogP contribution is -2.13. The van der Waals surface area contributed by atoms with Gasteiger partial charge in [-0.2, -0.15) is 8.42 Å². The topological polar surface area (TPSA) is 60.4 Å². The third-order valence-electron chi connectivity index (χ3n) is 2.68. The highest BCUT2D eigenvalue weighted by Crippen LogP contribution is 2.27. The van der Waals surface area contributed by atoms with Gasteiger partial charge in [0.2, 0.25) is 0 Å². The van der Waals surface area contributed by atoms with Crippen LogP contribution in [0.4, 0.5) is 8.78 Å². The van der Waals surface area contributed by atoms with E-state index in [0.29, 0.717) is 10.5 Å². The van der Waals surface area contributed by atoms with Crippen LogP contribution in [0.1, 0.15) is 17.3 Å². The summed E-state index contributed by atoms with van der Waals surface area (Å²) in [4.78, 5) is 10.7. The molecule has 0 spiro atoms. The fourth-order valence-electron chi connectivity index (χ4n) is 1.69. The van der Waals surface area contributed by atoms with Gasteiger partial charge in [-0.3, -0.25) is 4.79 Å². The lowest BCUT2D eigenvalue weighted by molar-refractivity contribution is 0.101. The quantitative estimate of drug-likeness (QED) is 0.589. The van der Waals surface area contributed by atoms with Crippen LogP contribution in [0.15, 0.2) is 45.8 Å². The molecular formula is C14H9BrF2O4S. The lowest BCUT2D eigenvalue weighted by Gasteiger charge is -2.11. The third kappa shape index (κ3) is 3.50. The van der Waals surface area contributed by atoms with Crippen LogP contribution in [0.25, 0.3) is 0 Å². The van der Waals surface area contributed by atoms with Gasteiger partial charge < -0.3 is 4.18 Å². The Morgan fingerprint density at radius 1 is 1.14 bits per heavy atom. The predicted molar refractivity (Wildman–Crippen MR) is 78.3 cm³/mol. The molecule has 0 aliphatic heterocycles. The van der Waals surface area contributed by atoms with Crippen molar-refractivity contribution in [2.75, 3.05) is 0 Å². The molecule has 116 valence electrons. The standard InChI is InChI=1S/C14H9BrF2O4S/c1-8(18)11-6-9(15)2-4-13(11)21-22(19,20)14-5-3-10(16)7-12(14)17/h2-7H,1H3. The SMILES string of the molecule is CC(=O)c1cc(Br)ccc1OS(=O)(=O)c1ccc(F)cc1F. The molecule has 0 atom stereocenters. The van der Waals surface area contributed by atoms with Crippen LogP contribution < -0.4 is 4.18 Å². The van der Waals surface area contributed by atoms with Crippen LogP contribution in [-0.2, 0) is 10.1 Å². The molecule has 4 nitrogen and oxygen atoms in total. The van der Waals surface area contributed by atoms with Gasteiger partial charge in [0.15, 0.2) is 11.5 Å². The molecule has 0 aliphatic rings. The van der Waals surface area contributed by atoms with Crippen LogP contribution in [0.3, 0.4) is 0 Å². The predicted octanol–water partition coefficient (Wildman–Crippen LogP) is 3.70. The maximum atomic E-state index is 13.6. The van der Waals surface area contributed by atoms with Gasteiger partial charge in [0.1, 0.15) is 16.5 Å². The first-order valence-corrected chi connectivity index (χ1v) is 8.11. The molecule has 0 saturated carbocycles. The minimum Gasteiger partial charge on any atom is -0.378 e. The molecular weight excluding hydrogens is 382 g/mol. The van der Waals surface area contributed by atoms with Crippen molar-refractivity contribution < 1.29 is 26.2 Å². The minimum absolute atomic E-state index is 0.0143. The zero-order valence-electron chi connectivity index (χ0n) is 11.1. The number of carbonyl (C=O) groups is 1. The van der Waals surface area contributed by atoms with Crippen LogP contribution >= 0.6 is 15.9 Å². The number of benzene rings is 2. The largest absolute Gasteiger partial charge is 0.378 e. The molecule has 0 radical (unpaired) electrons. The Morgan fingerprint density at radius 3 is 2.41 bits per heavy atom. The summed E-state index contributed by atoms with van der Waals surface area (Å²) in [6, 6.07) is 6.11. The first kappa shape index (κ1) is 16.6. The monoisotopic (exact) mass is 390 g/mol. The number of halogens is 3. The molecule has 2 aromatic carbocycles. The van der Waals surface area contributed by atoms with E-state index in [1.165, 1.54) is 25.1 Å². The van der Waals surface area contributed by atoms with Crippen LogP contribution in [0, 0.1) is 11.6 Å². The molecule has 22 heavy (non-hydrogen) atoms. The van der Waals surface area contributed by atoms with Crippen molar-refractivity contribution in [1.82, 2.24) is 0 Å². The number of Topliss-reactive ketones (excluding diaryl/α,β-unsaturated/α-hetero) is 1. The summed E-state index contributed by atoms with van der Waals surface area (Å²) in [6.45, 7) is 1.24. The van der Waals surface area contributed by atoms with Gasteiger partial charge in [-0.05, 0) is 37.3 Å². The molecule has 0 aromatic heterocycles. The molecule has 2 rings (SSSR count). The van der Waals surface area contributed by atoms with Crippen molar-refractivity contribution in [3.8, 4) is 5.75 Å². The van der Waals surface area contributed by atoms with Gasteiger partial charge >= 0.3 is 10.1 Å². The van der Waals surface area contributed by atoms with E-state index in [1.807, 2.05) is 0 Å². The van der Waals surface area contributed by atoms with Crippen molar-refractivity contribution in [3.05, 3.63) is 58.1 Å². The van der Waals surface area contributed by atoms with E-state index >= 15 is 0 Å². The average Bonchev–Trinajstić information content (AvgIpc) is 2.39. The Labute approximate surface area is 134 Å². The summed E-state index contributed by atoms with van der Waals surface area (Å²) >= 11 is 3.15. The molecule has 0 bridgehead atoms. The fourth-order valence-corrected chi connectivity index (χ4v) is 3.06. The Bertz CT molecular complexity index is 850. The second-order valence-electron chi connectivity index (χ2n) is 4.31. The molecule has 0 fully saturated rings. The Morgan fingerprint density at radius 2 is 1.82 bits per heavy atom. The second-order valence-corrected chi connectivity index (χ2v) is 6.74. The van der Waals surface area contributed by atoms with E-state index < -0.39 is 32.4 Å². The summed E-state index contributed by atoms with van der Waals surface area (Å²) in [5.41, 5.74) is 0.0143. The second kappa shape index (κ2) is 6.13. The van der Waals surface area contributed by atoms with Gasteiger partial charge in [0.25, 0.3) is 0 Å². The van der Waals surface area contributed by atoms with E-state index in [4.69, 9.17) is 4.18 Å². The molecule has 0 saturated heterocycles. The summed E-state index contributed by atoms with van der Waals surface area (Å²) < 4.78 is 56.0. The van der Waals surface area contributed by atoms with E-state index in [0.717, 1.165) is 12.1 Å². The normalized spacial score (nSPS) is 11.3. The summed E-state index contributed by atoms with van der Waals surface area (Å²) in [5.74, 6) is -2.85. The van der Waals surface area contributed by atoms with E-state index in [-0.39, 0.29) is 11.3 Å². The highest BCUT2D eigenvalue weighted by molar-refractivity contribution is 9.10. The third-order valence-corrected chi connectivity index (χ3v) is 4.45. The Kier molecular flexibility index (Phi) is 4.62. The van der Waals surface area contributed by atoms with Crippen LogP contribution in [0.2, 0.25) is 0 Å². The maximum absolute atomic E-state index is 13.6. The molecule has 2 aromatic rings. The number of hydrogen-bond donors (Lipinski definition) is 0. The van der Waals surface area contributed by atoms with Crippen molar-refractivity contribution >= 4 is 31.8 Å². The number of carbonyl (C=O) groups excluding carboxylic acids is 1. The summed E-state index contributed by atoms with van der Waals surface area (Å²) in [7, 11) is -4.54. The van der Waals surface area contributed by atoms with Gasteiger partial charge in [-0.15, -0.1) is 0 Å². The Hall–Kier alpha value is -1.80. The molecule has 0 unspecified atom stereocenters. The van der Waals surface area contributed by atoms with Crippen molar-refractivity contribution in [2.45, 2.75) is 11.8 Å². The number of rotatable bonds is 4. The molecule has 0 N–H and O–H groups in total. The summed E-state index contributed by atoms with van der Waals surface area (Å²) in [5, 5.41) is 0. The zero-order chi connectivity index (χ0) is 16.5. The van der Waals surface area contributed by atoms with Gasteiger partial charge in [-0.1, -0.05) is 15.9 Å². The highest BCUT2D eigenvalue weighted by Gasteiger charge is 2.24. The smallest absolute Gasteiger partial charge is 0.342 e. The van der Waals surface area contributed by atoms with E-state index in [1.54, 1.807) is 0 Å². The number of ketones is 1. The molecule has 0 aliphatic carbocycles. The van der Waals surface area contributed by atoms with Crippen molar-refractivity contribution in [1.29, 1.82) is 0 Å². The minimum atomic E-state index is -4.54. The first-order chi connectivity index (χ1) is 10.2. The molecule has 8 heteroatoms. The lowest BCUT2D eigenvalue weighted by atomic mass is 10.1. The number of hydrogen-bond acceptors (Lipinski definition) is 4. The molecule has 0 heterocycles. The Balaban J connectivity index is 2.47. The molecule has 0 amide bonds. The van der Waals surface area contributed by atoms with Gasteiger partial charge in [0.05, 0.1) is 5.56 Å². The van der Waals surface area contributed by atoms with Crippen molar-refractivity contribution in [2.24, 2.45) is 0 Å². The van der Waals surface area contributed by atoms with E-state index in [2.05, 4.69) is 15.9 Å². The first-order valence-electron chi connectivity index (χ1n) is 5.91. The summed E-state index contributed by atoms with van der Waals surface area (Å²) in [6.07, 6.45) is 0. The van der Waals surface area contributed by atoms with Crippen LogP contribution in [0.5, 0.6) is 5.75 Å². The highest BCUT2D eigenvalue weighted by atomic mass is 79.9. The fraction of sp³-hybridized carbons (Fsp3) is 0.0714. The van der Waals surface area contributed by atoms with Crippen molar-refractivity contribution in [3.63, 3.8) is 0 Å². The maximum Gasteiger partial charge on any atom is 0.342 e. The van der Waals surface area contributed by atoms with Gasteiger partial charge in [-0.25, -0.2) is 8.78 Å². The zero-order valence-corrected chi connectivity index (χ0v) is 13.5.